The Morgan fingerprint density at radius 2 is 2.32 bits per heavy atom. The maximum Gasteiger partial charge on any atom is 0.233 e. The van der Waals surface area contributed by atoms with E-state index < -0.39 is 0 Å². The van der Waals surface area contributed by atoms with Crippen LogP contribution in [-0.2, 0) is 4.79 Å². The number of amides is 1. The van der Waals surface area contributed by atoms with Gasteiger partial charge in [-0.25, -0.2) is 4.98 Å². The number of likely N-dealkylation sites (tertiary alicyclic amines) is 1. The van der Waals surface area contributed by atoms with Gasteiger partial charge in [-0.1, -0.05) is 0 Å². The van der Waals surface area contributed by atoms with Crippen LogP contribution in [0.25, 0.3) is 0 Å². The van der Waals surface area contributed by atoms with Gasteiger partial charge in [-0.2, -0.15) is 0 Å². The van der Waals surface area contributed by atoms with Gasteiger partial charge >= 0.3 is 0 Å². The number of nitrogens with zero attached hydrogens (tertiary/aromatic N) is 2. The van der Waals surface area contributed by atoms with E-state index in [1.165, 1.54) is 11.3 Å². The first-order valence-corrected chi connectivity index (χ1v) is 7.70. The van der Waals surface area contributed by atoms with Crippen LogP contribution in [0.1, 0.15) is 38.5 Å². The molecular weight excluding hydrogens is 258 g/mol. The lowest BCUT2D eigenvalue weighted by Gasteiger charge is -2.41. The molecule has 1 aromatic rings. The van der Waals surface area contributed by atoms with Crippen molar-refractivity contribution in [1.29, 1.82) is 0 Å². The Hall–Kier alpha value is -0.940. The van der Waals surface area contributed by atoms with Crippen LogP contribution < -0.4 is 5.32 Å². The number of rotatable bonds is 3. The van der Waals surface area contributed by atoms with E-state index >= 15 is 0 Å². The van der Waals surface area contributed by atoms with Gasteiger partial charge in [0.1, 0.15) is 0 Å². The van der Waals surface area contributed by atoms with Gasteiger partial charge in [0, 0.05) is 23.7 Å². The van der Waals surface area contributed by atoms with Crippen LogP contribution >= 0.6 is 11.3 Å². The smallest absolute Gasteiger partial charge is 0.233 e. The zero-order chi connectivity index (χ0) is 14.0. The largest absolute Gasteiger partial charge is 0.301 e. The first-order chi connectivity index (χ1) is 8.90. The maximum atomic E-state index is 12.5. The van der Waals surface area contributed by atoms with E-state index in [1.54, 1.807) is 6.20 Å². The summed E-state index contributed by atoms with van der Waals surface area (Å²) >= 11 is 1.53. The van der Waals surface area contributed by atoms with Crippen LogP contribution in [0.15, 0.2) is 6.20 Å². The van der Waals surface area contributed by atoms with E-state index in [2.05, 4.69) is 36.0 Å². The van der Waals surface area contributed by atoms with Crippen molar-refractivity contribution in [2.45, 2.75) is 46.6 Å². The number of carbonyl (C=O) groups is 1. The second-order valence-electron chi connectivity index (χ2n) is 5.96. The third kappa shape index (κ3) is 3.34. The molecule has 2 heterocycles. The lowest BCUT2D eigenvalue weighted by molar-refractivity contribution is -0.128. The maximum absolute atomic E-state index is 12.5. The summed E-state index contributed by atoms with van der Waals surface area (Å²) in [7, 11) is 0. The lowest BCUT2D eigenvalue weighted by atomic mass is 9.80. The minimum absolute atomic E-state index is 0.104. The fourth-order valence-electron chi connectivity index (χ4n) is 2.57. The highest BCUT2D eigenvalue weighted by atomic mass is 32.1. The molecule has 1 aliphatic heterocycles. The first-order valence-electron chi connectivity index (χ1n) is 6.89. The molecule has 0 saturated carbocycles. The van der Waals surface area contributed by atoms with Crippen molar-refractivity contribution >= 4 is 22.4 Å². The summed E-state index contributed by atoms with van der Waals surface area (Å²) in [5.74, 6) is 0.104. The quantitative estimate of drug-likeness (QED) is 0.926. The fourth-order valence-corrected chi connectivity index (χ4v) is 3.22. The Bertz CT molecular complexity index is 457. The molecule has 106 valence electrons. The molecule has 1 aliphatic rings. The molecule has 1 saturated heterocycles. The number of piperidine rings is 1. The molecule has 5 heteroatoms. The molecule has 0 radical (unpaired) electrons. The van der Waals surface area contributed by atoms with Gasteiger partial charge in [0.2, 0.25) is 5.91 Å². The molecule has 1 atom stereocenters. The van der Waals surface area contributed by atoms with Crippen molar-refractivity contribution in [3.05, 3.63) is 11.1 Å². The zero-order valence-corrected chi connectivity index (χ0v) is 13.0. The Morgan fingerprint density at radius 1 is 1.58 bits per heavy atom. The molecular formula is C14H23N3OS. The Balaban J connectivity index is 2.04. The Morgan fingerprint density at radius 3 is 2.89 bits per heavy atom. The van der Waals surface area contributed by atoms with Gasteiger partial charge < -0.3 is 5.32 Å². The second-order valence-corrected chi connectivity index (χ2v) is 7.19. The highest BCUT2D eigenvalue weighted by Gasteiger charge is 2.38. The summed E-state index contributed by atoms with van der Waals surface area (Å²) in [4.78, 5) is 20.2. The third-order valence-corrected chi connectivity index (χ3v) is 4.67. The predicted molar refractivity (Wildman–Crippen MR) is 79.5 cm³/mol. The molecule has 1 aromatic heterocycles. The Labute approximate surface area is 119 Å². The van der Waals surface area contributed by atoms with Crippen molar-refractivity contribution in [2.24, 2.45) is 5.41 Å². The van der Waals surface area contributed by atoms with Gasteiger partial charge in [0.25, 0.3) is 0 Å². The van der Waals surface area contributed by atoms with Crippen LogP contribution in [0.5, 0.6) is 0 Å². The summed E-state index contributed by atoms with van der Waals surface area (Å²) in [6.45, 7) is 10.4. The number of thiazole rings is 1. The number of nitrogens with one attached hydrogen (secondary N) is 1. The summed E-state index contributed by atoms with van der Waals surface area (Å²) in [5.41, 5.74) is -0.303. The molecule has 1 unspecified atom stereocenters. The van der Waals surface area contributed by atoms with E-state index in [0.29, 0.717) is 11.2 Å². The van der Waals surface area contributed by atoms with Crippen molar-refractivity contribution in [2.75, 3.05) is 18.4 Å². The summed E-state index contributed by atoms with van der Waals surface area (Å²) in [5, 5.41) is 3.69. The van der Waals surface area contributed by atoms with E-state index in [4.69, 9.17) is 0 Å². The molecule has 2 rings (SSSR count). The van der Waals surface area contributed by atoms with Crippen LogP contribution in [0.4, 0.5) is 5.13 Å². The Kier molecular flexibility index (Phi) is 4.26. The minimum Gasteiger partial charge on any atom is -0.301 e. The molecule has 1 amide bonds. The molecule has 1 fully saturated rings. The topological polar surface area (TPSA) is 45.2 Å². The van der Waals surface area contributed by atoms with E-state index in [1.807, 2.05) is 6.92 Å². The van der Waals surface area contributed by atoms with Gasteiger partial charge in [0.05, 0.1) is 5.41 Å². The summed E-state index contributed by atoms with van der Waals surface area (Å²) in [6.07, 6.45) is 3.83. The van der Waals surface area contributed by atoms with Crippen LogP contribution in [0.2, 0.25) is 0 Å². The zero-order valence-electron chi connectivity index (χ0n) is 12.2. The average Bonchev–Trinajstić information content (AvgIpc) is 2.74. The van der Waals surface area contributed by atoms with Crippen molar-refractivity contribution in [3.8, 4) is 0 Å². The first kappa shape index (κ1) is 14.5. The standard InChI is InChI=1S/C14H23N3OS/c1-10(2)17-7-5-6-14(4,9-17)12(18)16-13-15-8-11(3)19-13/h8,10H,5-7,9H2,1-4H3,(H,15,16,18). The highest BCUT2D eigenvalue weighted by molar-refractivity contribution is 7.15. The predicted octanol–water partition coefficient (Wildman–Crippen LogP) is 2.90. The van der Waals surface area contributed by atoms with Gasteiger partial charge in [-0.05, 0) is 47.1 Å². The van der Waals surface area contributed by atoms with Crippen molar-refractivity contribution < 1.29 is 4.79 Å². The SMILES string of the molecule is Cc1cnc(NC(=O)C2(C)CCCN(C(C)C)C2)s1. The highest BCUT2D eigenvalue weighted by Crippen LogP contribution is 2.32. The monoisotopic (exact) mass is 281 g/mol. The molecule has 0 aliphatic carbocycles. The van der Waals surface area contributed by atoms with Crippen LogP contribution in [-0.4, -0.2) is 34.9 Å². The van der Waals surface area contributed by atoms with E-state index in [9.17, 15) is 4.79 Å². The van der Waals surface area contributed by atoms with Gasteiger partial charge in [0.15, 0.2) is 5.13 Å². The average molecular weight is 281 g/mol. The summed E-state index contributed by atoms with van der Waals surface area (Å²) in [6, 6.07) is 0.495. The molecule has 1 N–H and O–H groups in total. The van der Waals surface area contributed by atoms with Gasteiger partial charge in [-0.3, -0.25) is 9.69 Å². The third-order valence-electron chi connectivity index (χ3n) is 3.85. The number of aryl methyl sites for hydroxylation is 1. The number of hydrogen-bond acceptors (Lipinski definition) is 4. The van der Waals surface area contributed by atoms with Crippen LogP contribution in [0, 0.1) is 12.3 Å². The molecule has 4 nitrogen and oxygen atoms in total. The lowest BCUT2D eigenvalue weighted by Crippen LogP contribution is -2.50. The second kappa shape index (κ2) is 5.59. The van der Waals surface area contributed by atoms with E-state index in [0.717, 1.165) is 30.8 Å². The summed E-state index contributed by atoms with van der Waals surface area (Å²) < 4.78 is 0. The van der Waals surface area contributed by atoms with Gasteiger partial charge in [-0.15, -0.1) is 11.3 Å². The molecule has 19 heavy (non-hydrogen) atoms. The fraction of sp³-hybridized carbons (Fsp3) is 0.714. The molecule has 0 spiro atoms. The number of anilines is 1. The number of aromatic nitrogens is 1. The van der Waals surface area contributed by atoms with Crippen molar-refractivity contribution in [3.63, 3.8) is 0 Å². The molecule has 0 bridgehead atoms. The normalized spacial score (nSPS) is 24.7. The van der Waals surface area contributed by atoms with Crippen LogP contribution in [0.3, 0.4) is 0 Å². The molecule has 0 aromatic carbocycles. The number of hydrogen-bond donors (Lipinski definition) is 1. The van der Waals surface area contributed by atoms with E-state index in [-0.39, 0.29) is 11.3 Å². The number of carbonyl (C=O) groups excluding carboxylic acids is 1. The van der Waals surface area contributed by atoms with Crippen molar-refractivity contribution in [1.82, 2.24) is 9.88 Å². The minimum atomic E-state index is -0.303.